The summed E-state index contributed by atoms with van der Waals surface area (Å²) < 4.78 is 1.91. The molecule has 5 heteroatoms. The molecule has 5 rings (SSSR count). The molecule has 4 saturated carbocycles. The first-order valence-electron chi connectivity index (χ1n) is 9.83. The number of hydrogen-bond donors (Lipinski definition) is 2. The van der Waals surface area contributed by atoms with Gasteiger partial charge in [-0.3, -0.25) is 4.79 Å². The fraction of sp³-hybridized carbons (Fsp3) is 0.800. The average molecular weight is 345 g/mol. The van der Waals surface area contributed by atoms with Gasteiger partial charge in [-0.25, -0.2) is 4.68 Å². The monoisotopic (exact) mass is 345 g/mol. The summed E-state index contributed by atoms with van der Waals surface area (Å²) in [6, 6.07) is 2.12. The molecular formula is C20H31N3O2. The van der Waals surface area contributed by atoms with Crippen molar-refractivity contribution in [1.82, 2.24) is 9.78 Å². The summed E-state index contributed by atoms with van der Waals surface area (Å²) >= 11 is 0. The molecule has 4 aliphatic carbocycles. The lowest BCUT2D eigenvalue weighted by Crippen LogP contribution is -2.56. The summed E-state index contributed by atoms with van der Waals surface area (Å²) in [7, 11) is 0. The summed E-state index contributed by atoms with van der Waals surface area (Å²) in [6.07, 6.45) is 8.47. The van der Waals surface area contributed by atoms with Gasteiger partial charge in [0, 0.05) is 12.5 Å². The molecule has 1 heterocycles. The van der Waals surface area contributed by atoms with Gasteiger partial charge in [0.25, 0.3) is 0 Å². The van der Waals surface area contributed by atoms with Crippen LogP contribution >= 0.6 is 0 Å². The average Bonchev–Trinajstić information content (AvgIpc) is 2.90. The van der Waals surface area contributed by atoms with Crippen LogP contribution in [0.5, 0.6) is 0 Å². The van der Waals surface area contributed by atoms with Crippen molar-refractivity contribution in [3.05, 3.63) is 12.3 Å². The van der Waals surface area contributed by atoms with E-state index in [0.717, 1.165) is 37.9 Å². The van der Waals surface area contributed by atoms with Crippen molar-refractivity contribution in [2.24, 2.45) is 23.2 Å². The van der Waals surface area contributed by atoms with Crippen LogP contribution in [0.15, 0.2) is 12.3 Å². The van der Waals surface area contributed by atoms with Crippen molar-refractivity contribution in [3.8, 4) is 0 Å². The van der Waals surface area contributed by atoms with Crippen LogP contribution < -0.4 is 5.32 Å². The Morgan fingerprint density at radius 3 is 2.60 bits per heavy atom. The molecule has 0 unspecified atom stereocenters. The summed E-state index contributed by atoms with van der Waals surface area (Å²) in [5.41, 5.74) is -0.490. The third kappa shape index (κ3) is 3.12. The van der Waals surface area contributed by atoms with Gasteiger partial charge in [-0.15, -0.1) is 0 Å². The Labute approximate surface area is 150 Å². The second-order valence-corrected chi connectivity index (χ2v) is 9.56. The van der Waals surface area contributed by atoms with E-state index >= 15 is 0 Å². The van der Waals surface area contributed by atoms with Gasteiger partial charge in [0.15, 0.2) is 0 Å². The summed E-state index contributed by atoms with van der Waals surface area (Å²) in [5, 5.41) is 18.4. The van der Waals surface area contributed by atoms with Crippen molar-refractivity contribution in [3.63, 3.8) is 0 Å². The van der Waals surface area contributed by atoms with Crippen LogP contribution in [0.2, 0.25) is 0 Å². The quantitative estimate of drug-likeness (QED) is 0.854. The maximum absolute atomic E-state index is 12.8. The number of hydrogen-bond acceptors (Lipinski definition) is 3. The highest BCUT2D eigenvalue weighted by Crippen LogP contribution is 2.62. The normalized spacial score (nSPS) is 37.5. The molecule has 0 radical (unpaired) electrons. The number of amides is 1. The van der Waals surface area contributed by atoms with Crippen molar-refractivity contribution >= 4 is 11.7 Å². The van der Waals surface area contributed by atoms with Gasteiger partial charge in [0.1, 0.15) is 5.82 Å². The number of nitrogens with zero attached hydrogens (tertiary/aromatic N) is 2. The van der Waals surface area contributed by atoms with Crippen molar-refractivity contribution in [2.75, 3.05) is 5.32 Å². The first kappa shape index (κ1) is 17.1. The van der Waals surface area contributed by atoms with E-state index in [0.29, 0.717) is 24.2 Å². The van der Waals surface area contributed by atoms with Crippen molar-refractivity contribution < 1.29 is 9.90 Å². The number of aromatic nitrogens is 2. The molecule has 5 nitrogen and oxygen atoms in total. The molecule has 4 fully saturated rings. The van der Waals surface area contributed by atoms with E-state index in [1.165, 1.54) is 6.42 Å². The maximum atomic E-state index is 12.8. The highest BCUT2D eigenvalue weighted by Gasteiger charge is 2.57. The van der Waals surface area contributed by atoms with E-state index < -0.39 is 5.60 Å². The minimum Gasteiger partial charge on any atom is -0.390 e. The van der Waals surface area contributed by atoms with E-state index in [2.05, 4.69) is 31.2 Å². The zero-order valence-corrected chi connectivity index (χ0v) is 15.7. The van der Waals surface area contributed by atoms with E-state index in [4.69, 9.17) is 0 Å². The predicted molar refractivity (Wildman–Crippen MR) is 97.1 cm³/mol. The maximum Gasteiger partial charge on any atom is 0.226 e. The van der Waals surface area contributed by atoms with Gasteiger partial charge in [-0.05, 0) is 68.6 Å². The number of nitrogens with one attached hydrogen (secondary N) is 1. The van der Waals surface area contributed by atoms with Crippen LogP contribution in [-0.2, 0) is 4.79 Å². The molecule has 0 saturated heterocycles. The molecule has 4 aliphatic rings. The van der Waals surface area contributed by atoms with Crippen molar-refractivity contribution in [2.45, 2.75) is 77.4 Å². The molecule has 0 aromatic carbocycles. The SMILES string of the molecule is CC(C)[C@@H](C)n1nccc1NC(=O)CC12C[C@H]3C[C@@H](CC(O)(C3)C1)C2. The molecule has 1 amide bonds. The Morgan fingerprint density at radius 2 is 2.00 bits per heavy atom. The van der Waals surface area contributed by atoms with E-state index in [-0.39, 0.29) is 17.4 Å². The van der Waals surface area contributed by atoms with Crippen LogP contribution in [0.25, 0.3) is 0 Å². The highest BCUT2D eigenvalue weighted by molar-refractivity contribution is 5.90. The molecule has 2 N–H and O–H groups in total. The third-order valence-electron chi connectivity index (χ3n) is 6.98. The van der Waals surface area contributed by atoms with Crippen LogP contribution in [-0.4, -0.2) is 26.4 Å². The lowest BCUT2D eigenvalue weighted by atomic mass is 9.47. The van der Waals surface area contributed by atoms with Gasteiger partial charge < -0.3 is 10.4 Å². The fourth-order valence-electron chi connectivity index (χ4n) is 6.16. The lowest BCUT2D eigenvalue weighted by Gasteiger charge is -2.60. The van der Waals surface area contributed by atoms with E-state index in [1.54, 1.807) is 6.20 Å². The molecule has 138 valence electrons. The molecule has 25 heavy (non-hydrogen) atoms. The predicted octanol–water partition coefficient (Wildman–Crippen LogP) is 3.76. The number of anilines is 1. The zero-order chi connectivity index (χ0) is 17.8. The Bertz CT molecular complexity index is 652. The van der Waals surface area contributed by atoms with Crippen molar-refractivity contribution in [1.29, 1.82) is 0 Å². The number of rotatable bonds is 5. The molecule has 0 aliphatic heterocycles. The van der Waals surface area contributed by atoms with Gasteiger partial charge in [0.2, 0.25) is 5.91 Å². The van der Waals surface area contributed by atoms with Crippen LogP contribution in [0.4, 0.5) is 5.82 Å². The Morgan fingerprint density at radius 1 is 1.32 bits per heavy atom. The smallest absolute Gasteiger partial charge is 0.226 e. The second-order valence-electron chi connectivity index (χ2n) is 9.56. The molecule has 1 aromatic rings. The summed E-state index contributed by atoms with van der Waals surface area (Å²) in [4.78, 5) is 12.8. The van der Waals surface area contributed by atoms with E-state index in [9.17, 15) is 9.90 Å². The van der Waals surface area contributed by atoms with Crippen LogP contribution in [0, 0.1) is 23.2 Å². The summed E-state index contributed by atoms with van der Waals surface area (Å²) in [6.45, 7) is 6.45. The first-order chi connectivity index (χ1) is 11.8. The Kier molecular flexibility index (Phi) is 3.98. The fourth-order valence-corrected chi connectivity index (χ4v) is 6.16. The first-order valence-corrected chi connectivity index (χ1v) is 9.83. The molecular weight excluding hydrogens is 314 g/mol. The third-order valence-corrected chi connectivity index (χ3v) is 6.98. The highest BCUT2D eigenvalue weighted by atomic mass is 16.3. The van der Waals surface area contributed by atoms with Gasteiger partial charge in [-0.2, -0.15) is 5.10 Å². The minimum absolute atomic E-state index is 0.0113. The zero-order valence-electron chi connectivity index (χ0n) is 15.7. The molecule has 1 aromatic heterocycles. The second kappa shape index (κ2) is 5.83. The Balaban J connectivity index is 1.46. The number of carbonyl (C=O) groups is 1. The lowest BCUT2D eigenvalue weighted by molar-refractivity contribution is -0.167. The number of aliphatic hydroxyl groups is 1. The largest absolute Gasteiger partial charge is 0.390 e. The standard InChI is InChI=1S/C20H31N3O2/c1-13(2)14(3)23-17(4-5-21-23)22-18(24)11-19-7-15-6-16(8-19)10-20(25,9-15)12-19/h4-5,13-16,25H,6-12H2,1-3H3,(H,22,24)/t14-,15-,16-,19?,20?/m1/s1. The van der Waals surface area contributed by atoms with Gasteiger partial charge in [0.05, 0.1) is 17.8 Å². The van der Waals surface area contributed by atoms with Crippen LogP contribution in [0.3, 0.4) is 0 Å². The molecule has 3 atom stereocenters. The van der Waals surface area contributed by atoms with E-state index in [1.807, 2.05) is 10.7 Å². The topological polar surface area (TPSA) is 67.2 Å². The van der Waals surface area contributed by atoms with Gasteiger partial charge in [-0.1, -0.05) is 13.8 Å². The van der Waals surface area contributed by atoms with Gasteiger partial charge >= 0.3 is 0 Å². The molecule has 0 spiro atoms. The number of carbonyl (C=O) groups excluding carboxylic acids is 1. The van der Waals surface area contributed by atoms with Crippen LogP contribution in [0.1, 0.15) is 71.8 Å². The minimum atomic E-state index is -0.502. The summed E-state index contributed by atoms with van der Waals surface area (Å²) in [5.74, 6) is 2.54. The Hall–Kier alpha value is -1.36. The molecule has 4 bridgehead atoms.